The first-order valence-corrected chi connectivity index (χ1v) is 14.0. The number of hydrogen-bond acceptors (Lipinski definition) is 8. The minimum Gasteiger partial charge on any atom is -0.364 e. The molecule has 2 aromatic heterocycles. The number of rotatable bonds is 6. The van der Waals surface area contributed by atoms with Crippen molar-refractivity contribution in [2.75, 3.05) is 18.0 Å². The fourth-order valence-electron chi connectivity index (χ4n) is 5.16. The van der Waals surface area contributed by atoms with Crippen molar-refractivity contribution in [1.29, 1.82) is 5.26 Å². The summed E-state index contributed by atoms with van der Waals surface area (Å²) < 4.78 is 28.1. The molecule has 1 fully saturated rings. The molecule has 0 bridgehead atoms. The third-order valence-corrected chi connectivity index (χ3v) is 8.60. The van der Waals surface area contributed by atoms with Gasteiger partial charge in [-0.15, -0.1) is 9.19 Å². The number of aryl methyl sites for hydroxylation is 1. The Balaban J connectivity index is 1.37. The normalized spacial score (nSPS) is 18.5. The van der Waals surface area contributed by atoms with Gasteiger partial charge >= 0.3 is 0 Å². The summed E-state index contributed by atoms with van der Waals surface area (Å²) in [6, 6.07) is 18.8. The molecule has 0 amide bonds. The number of aromatic nitrogens is 4. The number of fused-ring (bicyclic) bond motifs is 1. The summed E-state index contributed by atoms with van der Waals surface area (Å²) in [5.41, 5.74) is 2.53. The van der Waals surface area contributed by atoms with Crippen LogP contribution in [0.3, 0.4) is 0 Å². The summed E-state index contributed by atoms with van der Waals surface area (Å²) in [7, 11) is -2.00. The van der Waals surface area contributed by atoms with Crippen molar-refractivity contribution in [2.45, 2.75) is 38.2 Å². The molecule has 1 saturated heterocycles. The fourth-order valence-corrected chi connectivity index (χ4v) is 6.33. The quantitative estimate of drug-likeness (QED) is 0.373. The van der Waals surface area contributed by atoms with E-state index >= 15 is 0 Å². The molecule has 10 nitrogen and oxygen atoms in total. The number of para-hydroxylation sites is 1. The number of nitrogens with zero attached hydrogens (tertiary/aromatic N) is 7. The van der Waals surface area contributed by atoms with Gasteiger partial charge in [0.1, 0.15) is 11.6 Å². The molecule has 1 aliphatic rings. The molecule has 0 spiro atoms. The molecule has 0 unspecified atom stereocenters. The van der Waals surface area contributed by atoms with Crippen molar-refractivity contribution < 1.29 is 8.42 Å². The lowest BCUT2D eigenvalue weighted by atomic mass is 10.0. The molecule has 5 rings (SSSR count). The average Bonchev–Trinajstić information content (AvgIpc) is 3.38. The zero-order valence-corrected chi connectivity index (χ0v) is 22.3. The van der Waals surface area contributed by atoms with Crippen molar-refractivity contribution in [3.05, 3.63) is 88.0 Å². The highest BCUT2D eigenvalue weighted by molar-refractivity contribution is 7.89. The van der Waals surface area contributed by atoms with Crippen LogP contribution in [0.15, 0.2) is 65.6 Å². The van der Waals surface area contributed by atoms with Crippen LogP contribution in [-0.2, 0) is 29.4 Å². The predicted molar refractivity (Wildman–Crippen MR) is 145 cm³/mol. The third kappa shape index (κ3) is 4.68. The fraction of sp³-hybridized carbons (Fsp3) is 0.333. The van der Waals surface area contributed by atoms with Gasteiger partial charge in [0.15, 0.2) is 0 Å². The average molecular weight is 532 g/mol. The van der Waals surface area contributed by atoms with Gasteiger partial charge in [0, 0.05) is 44.2 Å². The van der Waals surface area contributed by atoms with E-state index in [0.29, 0.717) is 36.6 Å². The molecule has 2 atom stereocenters. The highest BCUT2D eigenvalue weighted by Gasteiger charge is 2.33. The van der Waals surface area contributed by atoms with Crippen LogP contribution < -0.4 is 10.5 Å². The van der Waals surface area contributed by atoms with Crippen molar-refractivity contribution in [1.82, 2.24) is 23.9 Å². The maximum absolute atomic E-state index is 13.0. The Hall–Kier alpha value is -4.01. The first kappa shape index (κ1) is 25.6. The lowest BCUT2D eigenvalue weighted by molar-refractivity contribution is 0.156. The Bertz CT molecular complexity index is 1690. The molecule has 38 heavy (non-hydrogen) atoms. The van der Waals surface area contributed by atoms with E-state index in [0.717, 1.165) is 15.0 Å². The van der Waals surface area contributed by atoms with Crippen LogP contribution in [0.1, 0.15) is 30.7 Å². The summed E-state index contributed by atoms with van der Waals surface area (Å²) >= 11 is 0. The lowest BCUT2D eigenvalue weighted by Crippen LogP contribution is -2.56. The van der Waals surface area contributed by atoms with Crippen LogP contribution in [0.5, 0.6) is 0 Å². The molecular formula is C27H29N7O3S. The zero-order chi connectivity index (χ0) is 27.0. The molecule has 0 N–H and O–H groups in total. The molecule has 1 aliphatic heterocycles. The van der Waals surface area contributed by atoms with E-state index in [1.165, 1.54) is 10.8 Å². The minimum atomic E-state index is -3.68. The lowest BCUT2D eigenvalue weighted by Gasteiger charge is -2.45. The first-order valence-electron chi connectivity index (χ1n) is 12.4. The largest absolute Gasteiger partial charge is 0.364 e. The van der Waals surface area contributed by atoms with Gasteiger partial charge in [0.25, 0.3) is 15.6 Å². The second kappa shape index (κ2) is 10.0. The smallest absolute Gasteiger partial charge is 0.270 e. The summed E-state index contributed by atoms with van der Waals surface area (Å²) in [5.74, 6) is -0.158. The van der Waals surface area contributed by atoms with Gasteiger partial charge in [-0.3, -0.25) is 9.69 Å². The number of pyridine rings is 1. The van der Waals surface area contributed by atoms with E-state index in [1.54, 1.807) is 31.3 Å². The highest BCUT2D eigenvalue weighted by Crippen LogP contribution is 2.32. The molecule has 0 saturated carbocycles. The second-order valence-electron chi connectivity index (χ2n) is 9.82. The number of nitriles is 1. The maximum Gasteiger partial charge on any atom is 0.270 e. The Morgan fingerprint density at radius 3 is 2.47 bits per heavy atom. The van der Waals surface area contributed by atoms with Crippen LogP contribution >= 0.6 is 0 Å². The number of benzene rings is 2. The van der Waals surface area contributed by atoms with Crippen molar-refractivity contribution in [3.8, 4) is 6.07 Å². The summed E-state index contributed by atoms with van der Waals surface area (Å²) in [6.45, 7) is 5.80. The van der Waals surface area contributed by atoms with Crippen molar-refractivity contribution >= 4 is 26.6 Å². The van der Waals surface area contributed by atoms with E-state index in [1.807, 2.05) is 30.3 Å². The molecule has 0 aliphatic carbocycles. The summed E-state index contributed by atoms with van der Waals surface area (Å²) in [5, 5.41) is 18.8. The molecule has 4 aromatic rings. The van der Waals surface area contributed by atoms with Gasteiger partial charge < -0.3 is 9.47 Å². The van der Waals surface area contributed by atoms with Crippen LogP contribution in [0.25, 0.3) is 10.9 Å². The number of piperazine rings is 1. The van der Waals surface area contributed by atoms with Gasteiger partial charge in [-0.25, -0.2) is 8.42 Å². The molecule has 3 heterocycles. The van der Waals surface area contributed by atoms with E-state index in [2.05, 4.69) is 40.0 Å². The van der Waals surface area contributed by atoms with Crippen LogP contribution in [0.4, 0.5) is 5.69 Å². The van der Waals surface area contributed by atoms with Crippen LogP contribution in [-0.4, -0.2) is 57.5 Å². The topological polar surface area (TPSA) is 117 Å². The minimum absolute atomic E-state index is 0.00864. The number of hydrogen-bond donors (Lipinski definition) is 0. The Morgan fingerprint density at radius 1 is 1.03 bits per heavy atom. The highest BCUT2D eigenvalue weighted by atomic mass is 32.2. The van der Waals surface area contributed by atoms with E-state index < -0.39 is 10.0 Å². The van der Waals surface area contributed by atoms with Gasteiger partial charge in [-0.1, -0.05) is 53.7 Å². The molecule has 2 aromatic carbocycles. The maximum atomic E-state index is 13.0. The standard InChI is InChI=1S/C27H29N7O3S/c1-19-15-33(26-23-11-7-8-12-25(23)31(3)27(35)24(26)13-28)20(2)14-32(19)16-22-17-34(30-29-22)38(36,37)18-21-9-5-4-6-10-21/h4-12,17,19-20H,14-16,18H2,1-3H3/t19-,20+/m1/s1. The monoisotopic (exact) mass is 531 g/mol. The van der Waals surface area contributed by atoms with Crippen molar-refractivity contribution in [3.63, 3.8) is 0 Å². The summed E-state index contributed by atoms with van der Waals surface area (Å²) in [6.07, 6.45) is 1.48. The van der Waals surface area contributed by atoms with E-state index in [4.69, 9.17) is 0 Å². The first-order chi connectivity index (χ1) is 18.2. The van der Waals surface area contributed by atoms with Gasteiger partial charge in [-0.2, -0.15) is 5.26 Å². The molecule has 11 heteroatoms. The van der Waals surface area contributed by atoms with E-state index in [-0.39, 0.29) is 29.0 Å². The Labute approximate surface area is 221 Å². The van der Waals surface area contributed by atoms with Crippen molar-refractivity contribution in [2.24, 2.45) is 7.05 Å². The van der Waals surface area contributed by atoms with Gasteiger partial charge in [0.2, 0.25) is 0 Å². The Kier molecular flexibility index (Phi) is 6.77. The second-order valence-corrected chi connectivity index (χ2v) is 11.6. The zero-order valence-electron chi connectivity index (χ0n) is 21.5. The Morgan fingerprint density at radius 2 is 1.74 bits per heavy atom. The SMILES string of the molecule is C[C@@H]1CN(c2c(C#N)c(=O)n(C)c3ccccc23)[C@@H](C)CN1Cc1cn(S(=O)(=O)Cc2ccccc2)nn1. The molecule has 196 valence electrons. The van der Waals surface area contributed by atoms with Crippen LogP contribution in [0, 0.1) is 11.3 Å². The summed E-state index contributed by atoms with van der Waals surface area (Å²) in [4.78, 5) is 17.4. The van der Waals surface area contributed by atoms with E-state index in [9.17, 15) is 18.5 Å². The van der Waals surface area contributed by atoms with Gasteiger partial charge in [-0.05, 0) is 25.5 Å². The molecular weight excluding hydrogens is 502 g/mol. The van der Waals surface area contributed by atoms with Gasteiger partial charge in [0.05, 0.1) is 28.8 Å². The molecule has 0 radical (unpaired) electrons. The predicted octanol–water partition coefficient (Wildman–Crippen LogP) is 2.48. The number of anilines is 1. The third-order valence-electron chi connectivity index (χ3n) is 7.15. The van der Waals surface area contributed by atoms with Crippen LogP contribution in [0.2, 0.25) is 0 Å².